The summed E-state index contributed by atoms with van der Waals surface area (Å²) in [6.07, 6.45) is 12.1. The van der Waals surface area contributed by atoms with Crippen LogP contribution in [0.15, 0.2) is 64.4 Å². The molecule has 2 fully saturated rings. The first-order chi connectivity index (χ1) is 16.4. The molecule has 0 unspecified atom stereocenters. The third kappa shape index (κ3) is 5.67. The van der Waals surface area contributed by atoms with Crippen LogP contribution in [0.5, 0.6) is 5.75 Å². The Morgan fingerprint density at radius 2 is 1.68 bits per heavy atom. The molecule has 8 heteroatoms. The molecule has 3 heterocycles. The summed E-state index contributed by atoms with van der Waals surface area (Å²) in [6, 6.07) is 11.2. The molecule has 0 amide bonds. The Morgan fingerprint density at radius 3 is 2.29 bits per heavy atom. The maximum atomic E-state index is 11.6. The van der Waals surface area contributed by atoms with Crippen LogP contribution in [0.4, 0.5) is 0 Å². The van der Waals surface area contributed by atoms with E-state index in [9.17, 15) is 8.42 Å². The SMILES string of the molecule is CS(=O)(=O)c1ccc(-c2ccc(OC3CN(CC4=CN=C(OC5CCCC5)CC4)C3)cc2)cn1. The Morgan fingerprint density at radius 1 is 0.941 bits per heavy atom. The van der Waals surface area contributed by atoms with E-state index >= 15 is 0 Å². The van der Waals surface area contributed by atoms with Crippen LogP contribution in [0.2, 0.25) is 0 Å². The van der Waals surface area contributed by atoms with Crippen molar-refractivity contribution in [2.45, 2.75) is 55.8 Å². The molecule has 0 spiro atoms. The van der Waals surface area contributed by atoms with Crippen molar-refractivity contribution in [3.8, 4) is 16.9 Å². The van der Waals surface area contributed by atoms with Gasteiger partial charge in [-0.05, 0) is 67.5 Å². The summed E-state index contributed by atoms with van der Waals surface area (Å²) in [4.78, 5) is 11.0. The van der Waals surface area contributed by atoms with Gasteiger partial charge in [0.25, 0.3) is 0 Å². The Labute approximate surface area is 201 Å². The van der Waals surface area contributed by atoms with Gasteiger partial charge in [-0.2, -0.15) is 0 Å². The standard InChI is InChI=1S/C26H31N3O4S/c1-34(30,31)26-13-9-21(15-28-26)20-7-10-23(11-8-20)32-24-17-29(18-24)16-19-6-12-25(27-14-19)33-22-4-2-3-5-22/h7-11,13-15,22,24H,2-6,12,16-18H2,1H3. The minimum Gasteiger partial charge on any atom is -0.488 e. The zero-order chi connectivity index (χ0) is 23.5. The molecule has 1 saturated heterocycles. The van der Waals surface area contributed by atoms with Crippen molar-refractivity contribution in [1.82, 2.24) is 9.88 Å². The van der Waals surface area contributed by atoms with Gasteiger partial charge in [0.1, 0.15) is 18.0 Å². The van der Waals surface area contributed by atoms with E-state index in [-0.39, 0.29) is 11.1 Å². The van der Waals surface area contributed by atoms with E-state index in [1.165, 1.54) is 37.3 Å². The lowest BCUT2D eigenvalue weighted by molar-refractivity contribution is 0.0260. The number of aromatic nitrogens is 1. The number of likely N-dealkylation sites (tertiary alicyclic amines) is 1. The maximum absolute atomic E-state index is 11.6. The van der Waals surface area contributed by atoms with Gasteiger partial charge < -0.3 is 9.47 Å². The topological polar surface area (TPSA) is 81.1 Å². The van der Waals surface area contributed by atoms with E-state index in [1.54, 1.807) is 12.3 Å². The van der Waals surface area contributed by atoms with Gasteiger partial charge in [-0.1, -0.05) is 12.1 Å². The molecule has 1 aromatic heterocycles. The molecule has 3 aliphatic rings. The van der Waals surface area contributed by atoms with E-state index in [4.69, 9.17) is 9.47 Å². The fourth-order valence-electron chi connectivity index (χ4n) is 4.67. The molecular formula is C26H31N3O4S. The smallest absolute Gasteiger partial charge is 0.192 e. The first kappa shape index (κ1) is 23.1. The van der Waals surface area contributed by atoms with Crippen molar-refractivity contribution in [2.24, 2.45) is 4.99 Å². The predicted molar refractivity (Wildman–Crippen MR) is 132 cm³/mol. The van der Waals surface area contributed by atoms with Gasteiger partial charge in [0, 0.05) is 50.3 Å². The van der Waals surface area contributed by atoms with E-state index in [0.29, 0.717) is 6.10 Å². The lowest BCUT2D eigenvalue weighted by Crippen LogP contribution is -2.54. The average molecular weight is 482 g/mol. The van der Waals surface area contributed by atoms with Crippen LogP contribution in [-0.4, -0.2) is 62.3 Å². The van der Waals surface area contributed by atoms with Gasteiger partial charge in [-0.3, -0.25) is 4.90 Å². The number of hydrogen-bond donors (Lipinski definition) is 0. The summed E-state index contributed by atoms with van der Waals surface area (Å²) in [7, 11) is -3.29. The Kier molecular flexibility index (Phi) is 6.70. The van der Waals surface area contributed by atoms with Crippen molar-refractivity contribution in [3.63, 3.8) is 0 Å². The van der Waals surface area contributed by atoms with E-state index < -0.39 is 9.84 Å². The van der Waals surface area contributed by atoms with Crippen molar-refractivity contribution in [2.75, 3.05) is 25.9 Å². The van der Waals surface area contributed by atoms with E-state index in [1.807, 2.05) is 30.5 Å². The minimum atomic E-state index is -3.29. The zero-order valence-corrected chi connectivity index (χ0v) is 20.3. The number of sulfone groups is 1. The molecule has 0 radical (unpaired) electrons. The molecule has 5 rings (SSSR count). The van der Waals surface area contributed by atoms with Gasteiger partial charge in [-0.25, -0.2) is 18.4 Å². The molecule has 1 aliphatic carbocycles. The summed E-state index contributed by atoms with van der Waals surface area (Å²) < 4.78 is 35.3. The van der Waals surface area contributed by atoms with Crippen LogP contribution >= 0.6 is 0 Å². The first-order valence-corrected chi connectivity index (χ1v) is 13.9. The van der Waals surface area contributed by atoms with Gasteiger partial charge in [0.15, 0.2) is 20.8 Å². The highest BCUT2D eigenvalue weighted by atomic mass is 32.2. The number of benzene rings is 1. The lowest BCUT2D eigenvalue weighted by Gasteiger charge is -2.39. The third-order valence-corrected chi connectivity index (χ3v) is 7.61. The van der Waals surface area contributed by atoms with E-state index in [2.05, 4.69) is 14.9 Å². The molecule has 34 heavy (non-hydrogen) atoms. The van der Waals surface area contributed by atoms with Gasteiger partial charge in [0.05, 0.1) is 0 Å². The highest BCUT2D eigenvalue weighted by molar-refractivity contribution is 7.90. The molecule has 0 bridgehead atoms. The highest BCUT2D eigenvalue weighted by Crippen LogP contribution is 2.27. The summed E-state index contributed by atoms with van der Waals surface area (Å²) in [5, 5.41) is 0.0828. The van der Waals surface area contributed by atoms with E-state index in [0.717, 1.165) is 61.5 Å². The second-order valence-corrected chi connectivity index (χ2v) is 11.4. The van der Waals surface area contributed by atoms with Crippen molar-refractivity contribution >= 4 is 15.7 Å². The molecule has 2 aromatic rings. The number of rotatable bonds is 7. The molecule has 180 valence electrons. The summed E-state index contributed by atoms with van der Waals surface area (Å²) in [5.74, 6) is 1.75. The maximum Gasteiger partial charge on any atom is 0.192 e. The van der Waals surface area contributed by atoms with Gasteiger partial charge in [0.2, 0.25) is 0 Å². The number of ether oxygens (including phenoxy) is 2. The third-order valence-electron chi connectivity index (χ3n) is 6.61. The summed E-state index contributed by atoms with van der Waals surface area (Å²) >= 11 is 0. The number of aliphatic imine (C=N–C) groups is 1. The first-order valence-electron chi connectivity index (χ1n) is 12.0. The van der Waals surface area contributed by atoms with Crippen molar-refractivity contribution in [1.29, 1.82) is 0 Å². The molecule has 1 saturated carbocycles. The van der Waals surface area contributed by atoms with Crippen LogP contribution < -0.4 is 4.74 Å². The van der Waals surface area contributed by atoms with Crippen LogP contribution in [-0.2, 0) is 14.6 Å². The molecule has 0 atom stereocenters. The fraction of sp³-hybridized carbons (Fsp3) is 0.462. The summed E-state index contributed by atoms with van der Waals surface area (Å²) in [6.45, 7) is 2.76. The molecule has 7 nitrogen and oxygen atoms in total. The van der Waals surface area contributed by atoms with Crippen LogP contribution in [0.3, 0.4) is 0 Å². The second-order valence-electron chi connectivity index (χ2n) is 9.45. The number of pyridine rings is 1. The molecular weight excluding hydrogens is 450 g/mol. The average Bonchev–Trinajstić information content (AvgIpc) is 3.32. The summed E-state index contributed by atoms with van der Waals surface area (Å²) in [5.41, 5.74) is 3.20. The van der Waals surface area contributed by atoms with Crippen LogP contribution in [0.25, 0.3) is 11.1 Å². The largest absolute Gasteiger partial charge is 0.488 e. The number of nitrogens with zero attached hydrogens (tertiary/aromatic N) is 3. The van der Waals surface area contributed by atoms with Crippen LogP contribution in [0, 0.1) is 0 Å². The normalized spacial score (nSPS) is 19.9. The lowest BCUT2D eigenvalue weighted by atomic mass is 10.1. The Bertz CT molecular complexity index is 1160. The van der Waals surface area contributed by atoms with Gasteiger partial charge >= 0.3 is 0 Å². The second kappa shape index (κ2) is 9.88. The minimum absolute atomic E-state index is 0.0828. The predicted octanol–water partition coefficient (Wildman–Crippen LogP) is 4.25. The Balaban J connectivity index is 1.07. The number of hydrogen-bond acceptors (Lipinski definition) is 7. The fourth-order valence-corrected chi connectivity index (χ4v) is 5.23. The quantitative estimate of drug-likeness (QED) is 0.588. The van der Waals surface area contributed by atoms with Crippen molar-refractivity contribution in [3.05, 3.63) is 54.4 Å². The Hall–Kier alpha value is -2.71. The van der Waals surface area contributed by atoms with Gasteiger partial charge in [-0.15, -0.1) is 0 Å². The molecule has 2 aliphatic heterocycles. The zero-order valence-electron chi connectivity index (χ0n) is 19.5. The monoisotopic (exact) mass is 481 g/mol. The van der Waals surface area contributed by atoms with Crippen molar-refractivity contribution < 1.29 is 17.9 Å². The highest BCUT2D eigenvalue weighted by Gasteiger charge is 2.29. The van der Waals surface area contributed by atoms with Crippen LogP contribution in [0.1, 0.15) is 38.5 Å². The molecule has 0 N–H and O–H groups in total. The molecule has 1 aromatic carbocycles.